The number of hydrogen-bond donors (Lipinski definition) is 2. The van der Waals surface area contributed by atoms with Crippen LogP contribution in [0.2, 0.25) is 0 Å². The lowest BCUT2D eigenvalue weighted by Gasteiger charge is -2.26. The van der Waals surface area contributed by atoms with E-state index < -0.39 is 0 Å². The fraction of sp³-hybridized carbons (Fsp3) is 0.647. The van der Waals surface area contributed by atoms with Crippen molar-refractivity contribution in [2.75, 3.05) is 71.9 Å². The van der Waals surface area contributed by atoms with Crippen molar-refractivity contribution in [1.29, 1.82) is 0 Å². The Morgan fingerprint density at radius 2 is 2.08 bits per heavy atom. The molecule has 0 unspecified atom stereocenters. The van der Waals surface area contributed by atoms with Gasteiger partial charge in [0.15, 0.2) is 0 Å². The van der Waals surface area contributed by atoms with Crippen LogP contribution in [0.25, 0.3) is 0 Å². The summed E-state index contributed by atoms with van der Waals surface area (Å²) in [6.07, 6.45) is 2.78. The van der Waals surface area contributed by atoms with Gasteiger partial charge in [0.25, 0.3) is 5.91 Å². The predicted molar refractivity (Wildman–Crippen MR) is 95.5 cm³/mol. The summed E-state index contributed by atoms with van der Waals surface area (Å²) < 4.78 is 5.31. The van der Waals surface area contributed by atoms with Crippen LogP contribution in [-0.2, 0) is 4.74 Å². The van der Waals surface area contributed by atoms with E-state index in [2.05, 4.69) is 39.5 Å². The standard InChI is InChI=1S/C17H29N5O2/c1-21(2)8-3-6-18-15-4-5-16(20-14-15)17(23)19-7-9-22-10-12-24-13-11-22/h4-5,14,18H,3,6-13H2,1-2H3,(H,19,23). The van der Waals surface area contributed by atoms with Crippen molar-refractivity contribution in [2.24, 2.45) is 0 Å². The third-order valence-electron chi connectivity index (χ3n) is 3.92. The molecule has 1 amide bonds. The van der Waals surface area contributed by atoms with Crippen molar-refractivity contribution in [3.05, 3.63) is 24.0 Å². The first-order valence-electron chi connectivity index (χ1n) is 8.58. The molecule has 0 aromatic carbocycles. The number of anilines is 1. The van der Waals surface area contributed by atoms with Gasteiger partial charge < -0.3 is 20.3 Å². The first-order chi connectivity index (χ1) is 11.6. The van der Waals surface area contributed by atoms with Gasteiger partial charge in [-0.1, -0.05) is 0 Å². The number of hydrogen-bond acceptors (Lipinski definition) is 6. The van der Waals surface area contributed by atoms with E-state index in [0.29, 0.717) is 12.2 Å². The Kier molecular flexibility index (Phi) is 7.94. The van der Waals surface area contributed by atoms with Crippen molar-refractivity contribution >= 4 is 11.6 Å². The minimum absolute atomic E-state index is 0.123. The van der Waals surface area contributed by atoms with E-state index in [1.165, 1.54) is 0 Å². The van der Waals surface area contributed by atoms with E-state index in [9.17, 15) is 4.79 Å². The molecule has 0 spiro atoms. The second-order valence-corrected chi connectivity index (χ2v) is 6.23. The van der Waals surface area contributed by atoms with Gasteiger partial charge >= 0.3 is 0 Å². The third-order valence-corrected chi connectivity index (χ3v) is 3.92. The number of nitrogens with one attached hydrogen (secondary N) is 2. The zero-order valence-corrected chi connectivity index (χ0v) is 14.8. The molecule has 1 saturated heterocycles. The number of amides is 1. The normalized spacial score (nSPS) is 15.5. The Morgan fingerprint density at radius 3 is 2.75 bits per heavy atom. The SMILES string of the molecule is CN(C)CCCNc1ccc(C(=O)NCCN2CCOCC2)nc1. The molecule has 1 aliphatic heterocycles. The lowest BCUT2D eigenvalue weighted by molar-refractivity contribution is 0.0383. The highest BCUT2D eigenvalue weighted by atomic mass is 16.5. The average molecular weight is 335 g/mol. The third kappa shape index (κ3) is 6.82. The second kappa shape index (κ2) is 10.2. The zero-order chi connectivity index (χ0) is 17.2. The van der Waals surface area contributed by atoms with Crippen LogP contribution in [0.15, 0.2) is 18.3 Å². The molecule has 2 rings (SSSR count). The molecule has 24 heavy (non-hydrogen) atoms. The lowest BCUT2D eigenvalue weighted by Crippen LogP contribution is -2.41. The quantitative estimate of drug-likeness (QED) is 0.641. The molecule has 0 aliphatic carbocycles. The summed E-state index contributed by atoms with van der Waals surface area (Å²) in [5.74, 6) is -0.123. The number of carbonyl (C=O) groups excluding carboxylic acids is 1. The zero-order valence-electron chi connectivity index (χ0n) is 14.8. The second-order valence-electron chi connectivity index (χ2n) is 6.23. The summed E-state index contributed by atoms with van der Waals surface area (Å²) >= 11 is 0. The van der Waals surface area contributed by atoms with Gasteiger partial charge in [-0.05, 0) is 39.2 Å². The number of rotatable bonds is 9. The monoisotopic (exact) mass is 335 g/mol. The number of nitrogens with zero attached hydrogens (tertiary/aromatic N) is 3. The van der Waals surface area contributed by atoms with Crippen LogP contribution in [0, 0.1) is 0 Å². The Balaban J connectivity index is 1.66. The van der Waals surface area contributed by atoms with Crippen LogP contribution in [0.4, 0.5) is 5.69 Å². The predicted octanol–water partition coefficient (Wildman–Crippen LogP) is 0.507. The van der Waals surface area contributed by atoms with Crippen LogP contribution < -0.4 is 10.6 Å². The maximum Gasteiger partial charge on any atom is 0.269 e. The fourth-order valence-electron chi connectivity index (χ4n) is 2.50. The van der Waals surface area contributed by atoms with Crippen LogP contribution in [-0.4, -0.2) is 87.3 Å². The Bertz CT molecular complexity index is 486. The van der Waals surface area contributed by atoms with Crippen molar-refractivity contribution in [1.82, 2.24) is 20.1 Å². The molecule has 0 bridgehead atoms. The molecular formula is C17H29N5O2. The first-order valence-corrected chi connectivity index (χ1v) is 8.58. The van der Waals surface area contributed by atoms with Crippen LogP contribution in [0.3, 0.4) is 0 Å². The summed E-state index contributed by atoms with van der Waals surface area (Å²) in [4.78, 5) is 20.8. The number of carbonyl (C=O) groups is 1. The topological polar surface area (TPSA) is 69.7 Å². The van der Waals surface area contributed by atoms with E-state index in [-0.39, 0.29) is 5.91 Å². The van der Waals surface area contributed by atoms with Crippen molar-refractivity contribution < 1.29 is 9.53 Å². The summed E-state index contributed by atoms with van der Waals surface area (Å²) in [6, 6.07) is 3.66. The molecule has 1 aromatic rings. The first kappa shape index (κ1) is 18.6. The molecule has 0 atom stereocenters. The van der Waals surface area contributed by atoms with Gasteiger partial charge in [-0.15, -0.1) is 0 Å². The minimum atomic E-state index is -0.123. The largest absolute Gasteiger partial charge is 0.384 e. The van der Waals surface area contributed by atoms with E-state index in [1.54, 1.807) is 12.3 Å². The molecule has 1 aromatic heterocycles. The Morgan fingerprint density at radius 1 is 1.29 bits per heavy atom. The highest BCUT2D eigenvalue weighted by molar-refractivity contribution is 5.92. The Labute approximate surface area is 144 Å². The Hall–Kier alpha value is -1.70. The molecule has 2 heterocycles. The van der Waals surface area contributed by atoms with Crippen molar-refractivity contribution in [3.63, 3.8) is 0 Å². The number of ether oxygens (including phenoxy) is 1. The van der Waals surface area contributed by atoms with Crippen LogP contribution in [0.1, 0.15) is 16.9 Å². The summed E-state index contributed by atoms with van der Waals surface area (Å²) in [6.45, 7) is 6.84. The van der Waals surface area contributed by atoms with Gasteiger partial charge in [0.2, 0.25) is 0 Å². The highest BCUT2D eigenvalue weighted by Crippen LogP contribution is 2.06. The van der Waals surface area contributed by atoms with E-state index in [1.807, 2.05) is 6.07 Å². The van der Waals surface area contributed by atoms with Gasteiger partial charge in [0, 0.05) is 32.7 Å². The van der Waals surface area contributed by atoms with Crippen molar-refractivity contribution in [2.45, 2.75) is 6.42 Å². The maximum absolute atomic E-state index is 12.1. The fourth-order valence-corrected chi connectivity index (χ4v) is 2.50. The number of morpholine rings is 1. The van der Waals surface area contributed by atoms with Crippen molar-refractivity contribution in [3.8, 4) is 0 Å². The average Bonchev–Trinajstić information content (AvgIpc) is 2.60. The van der Waals surface area contributed by atoms with Gasteiger partial charge in [0.1, 0.15) is 5.69 Å². The highest BCUT2D eigenvalue weighted by Gasteiger charge is 2.11. The van der Waals surface area contributed by atoms with Gasteiger partial charge in [0.05, 0.1) is 25.1 Å². The maximum atomic E-state index is 12.1. The summed E-state index contributed by atoms with van der Waals surface area (Å²) in [5, 5.41) is 6.23. The van der Waals surface area contributed by atoms with E-state index in [0.717, 1.165) is 58.0 Å². The smallest absolute Gasteiger partial charge is 0.269 e. The molecule has 7 heteroatoms. The molecule has 134 valence electrons. The lowest BCUT2D eigenvalue weighted by atomic mass is 10.3. The molecule has 0 radical (unpaired) electrons. The number of aromatic nitrogens is 1. The summed E-state index contributed by atoms with van der Waals surface area (Å²) in [7, 11) is 4.13. The van der Waals surface area contributed by atoms with Gasteiger partial charge in [-0.2, -0.15) is 0 Å². The molecule has 0 saturated carbocycles. The summed E-state index contributed by atoms with van der Waals surface area (Å²) in [5.41, 5.74) is 1.40. The van der Waals surface area contributed by atoms with E-state index >= 15 is 0 Å². The van der Waals surface area contributed by atoms with Gasteiger partial charge in [-0.3, -0.25) is 9.69 Å². The van der Waals surface area contributed by atoms with Crippen LogP contribution >= 0.6 is 0 Å². The molecule has 2 N–H and O–H groups in total. The molecule has 1 aliphatic rings. The minimum Gasteiger partial charge on any atom is -0.384 e. The van der Waals surface area contributed by atoms with E-state index in [4.69, 9.17) is 4.74 Å². The molecule has 7 nitrogen and oxygen atoms in total. The van der Waals surface area contributed by atoms with Crippen LogP contribution in [0.5, 0.6) is 0 Å². The molecule has 1 fully saturated rings. The number of pyridine rings is 1. The van der Waals surface area contributed by atoms with Gasteiger partial charge in [-0.25, -0.2) is 4.98 Å². The molecular weight excluding hydrogens is 306 g/mol.